The molecule has 0 aliphatic carbocycles. The molecule has 28 heavy (non-hydrogen) atoms. The third-order valence-corrected chi connectivity index (χ3v) is 6.16. The predicted octanol–water partition coefficient (Wildman–Crippen LogP) is 3.47. The van der Waals surface area contributed by atoms with E-state index in [0.717, 1.165) is 0 Å². The molecule has 3 aromatic rings. The molecule has 0 saturated heterocycles. The lowest BCUT2D eigenvalue weighted by atomic mass is 10.2. The molecule has 2 aromatic carbocycles. The number of benzene rings is 2. The Bertz CT molecular complexity index is 1070. The van der Waals surface area contributed by atoms with Crippen molar-refractivity contribution in [2.75, 3.05) is 11.4 Å². The average Bonchev–Trinajstić information content (AvgIpc) is 3.03. The van der Waals surface area contributed by atoms with E-state index in [9.17, 15) is 13.2 Å². The zero-order valence-corrected chi connectivity index (χ0v) is 16.6. The molecule has 146 valence electrons. The summed E-state index contributed by atoms with van der Waals surface area (Å²) >= 11 is 0. The van der Waals surface area contributed by atoms with Crippen LogP contribution in [0, 0.1) is 13.8 Å². The van der Waals surface area contributed by atoms with E-state index in [1.54, 1.807) is 44.2 Å². The summed E-state index contributed by atoms with van der Waals surface area (Å²) < 4.78 is 37.3. The molecule has 0 aliphatic rings. The lowest BCUT2D eigenvalue weighted by Gasteiger charge is -2.19. The smallest absolute Gasteiger partial charge is 0.338 e. The lowest BCUT2D eigenvalue weighted by molar-refractivity contribution is 0.0470. The van der Waals surface area contributed by atoms with Crippen LogP contribution >= 0.6 is 0 Å². The van der Waals surface area contributed by atoms with E-state index >= 15 is 0 Å². The van der Waals surface area contributed by atoms with Gasteiger partial charge in [0.05, 0.1) is 27.4 Å². The van der Waals surface area contributed by atoms with E-state index in [2.05, 4.69) is 5.16 Å². The van der Waals surface area contributed by atoms with Gasteiger partial charge in [-0.15, -0.1) is 0 Å². The second-order valence-corrected chi connectivity index (χ2v) is 8.18. The number of aromatic nitrogens is 1. The minimum absolute atomic E-state index is 0.000889. The first kappa shape index (κ1) is 19.6. The molecule has 0 amide bonds. The van der Waals surface area contributed by atoms with Crippen molar-refractivity contribution >= 4 is 21.7 Å². The Labute approximate surface area is 163 Å². The van der Waals surface area contributed by atoms with E-state index in [1.165, 1.54) is 35.6 Å². The van der Waals surface area contributed by atoms with Crippen LogP contribution in [0.1, 0.15) is 27.4 Å². The van der Waals surface area contributed by atoms with Gasteiger partial charge in [0.1, 0.15) is 12.4 Å². The monoisotopic (exact) mass is 400 g/mol. The highest BCUT2D eigenvalue weighted by Crippen LogP contribution is 2.23. The third-order valence-electron chi connectivity index (χ3n) is 4.38. The molecule has 0 unspecified atom stereocenters. The van der Waals surface area contributed by atoms with Gasteiger partial charge in [-0.25, -0.2) is 13.2 Å². The second-order valence-electron chi connectivity index (χ2n) is 6.21. The molecule has 1 heterocycles. The van der Waals surface area contributed by atoms with E-state index in [-0.39, 0.29) is 17.1 Å². The van der Waals surface area contributed by atoms with Crippen LogP contribution in [-0.4, -0.2) is 26.6 Å². The van der Waals surface area contributed by atoms with Crippen LogP contribution in [0.25, 0.3) is 0 Å². The van der Waals surface area contributed by atoms with Gasteiger partial charge in [-0.1, -0.05) is 29.4 Å². The summed E-state index contributed by atoms with van der Waals surface area (Å²) in [5.41, 5.74) is 2.01. The number of anilines is 1. The molecule has 0 atom stereocenters. The Morgan fingerprint density at radius 3 is 2.46 bits per heavy atom. The number of nitrogens with zero attached hydrogens (tertiary/aromatic N) is 2. The highest BCUT2D eigenvalue weighted by molar-refractivity contribution is 7.92. The standard InChI is InChI=1S/C20H20N2O5S/c1-14-19(15(2)27-21-14)13-26-20(23)16-8-7-11-18(12-16)28(24,25)22(3)17-9-5-4-6-10-17/h4-12H,13H2,1-3H3. The van der Waals surface area contributed by atoms with Crippen molar-refractivity contribution in [3.8, 4) is 0 Å². The summed E-state index contributed by atoms with van der Waals surface area (Å²) in [6.07, 6.45) is 0. The molecule has 0 N–H and O–H groups in total. The fourth-order valence-corrected chi connectivity index (χ4v) is 3.89. The number of para-hydroxylation sites is 1. The Kier molecular flexibility index (Phi) is 5.51. The quantitative estimate of drug-likeness (QED) is 0.589. The highest BCUT2D eigenvalue weighted by atomic mass is 32.2. The van der Waals surface area contributed by atoms with Crippen LogP contribution in [0.2, 0.25) is 0 Å². The van der Waals surface area contributed by atoms with Crippen LogP contribution in [0.5, 0.6) is 0 Å². The van der Waals surface area contributed by atoms with Crippen LogP contribution < -0.4 is 4.31 Å². The minimum Gasteiger partial charge on any atom is -0.457 e. The first-order valence-corrected chi connectivity index (χ1v) is 9.97. The minimum atomic E-state index is -3.82. The van der Waals surface area contributed by atoms with Crippen molar-refractivity contribution in [1.82, 2.24) is 5.16 Å². The molecule has 0 spiro atoms. The van der Waals surface area contributed by atoms with E-state index < -0.39 is 16.0 Å². The SMILES string of the molecule is Cc1noc(C)c1COC(=O)c1cccc(S(=O)(=O)N(C)c2ccccc2)c1. The van der Waals surface area contributed by atoms with Gasteiger partial charge in [0.15, 0.2) is 0 Å². The van der Waals surface area contributed by atoms with Crippen LogP contribution in [0.3, 0.4) is 0 Å². The Hall–Kier alpha value is -3.13. The number of carbonyl (C=O) groups is 1. The maximum absolute atomic E-state index is 12.9. The number of carbonyl (C=O) groups excluding carboxylic acids is 1. The zero-order valence-electron chi connectivity index (χ0n) is 15.7. The van der Waals surface area contributed by atoms with Gasteiger partial charge in [0, 0.05) is 7.05 Å². The van der Waals surface area contributed by atoms with Gasteiger partial charge in [-0.05, 0) is 44.2 Å². The summed E-state index contributed by atoms with van der Waals surface area (Å²) in [5.74, 6) is -0.0504. The normalized spacial score (nSPS) is 11.2. The first-order valence-electron chi connectivity index (χ1n) is 8.53. The van der Waals surface area contributed by atoms with Gasteiger partial charge in [0.2, 0.25) is 0 Å². The van der Waals surface area contributed by atoms with E-state index in [1.807, 2.05) is 0 Å². The van der Waals surface area contributed by atoms with Crippen LogP contribution in [-0.2, 0) is 21.4 Å². The number of hydrogen-bond donors (Lipinski definition) is 0. The summed E-state index contributed by atoms with van der Waals surface area (Å²) in [5, 5.41) is 3.81. The number of esters is 1. The number of hydrogen-bond acceptors (Lipinski definition) is 6. The molecule has 3 rings (SSSR count). The number of rotatable bonds is 6. The Morgan fingerprint density at radius 2 is 1.82 bits per heavy atom. The molecule has 1 aromatic heterocycles. The fraction of sp³-hybridized carbons (Fsp3) is 0.200. The first-order chi connectivity index (χ1) is 13.3. The Morgan fingerprint density at radius 1 is 1.11 bits per heavy atom. The van der Waals surface area contributed by atoms with Crippen LogP contribution in [0.4, 0.5) is 5.69 Å². The largest absolute Gasteiger partial charge is 0.457 e. The van der Waals surface area contributed by atoms with Gasteiger partial charge >= 0.3 is 5.97 Å². The van der Waals surface area contributed by atoms with Gasteiger partial charge in [-0.2, -0.15) is 0 Å². The highest BCUT2D eigenvalue weighted by Gasteiger charge is 2.23. The lowest BCUT2D eigenvalue weighted by Crippen LogP contribution is -2.26. The maximum Gasteiger partial charge on any atom is 0.338 e. The molecule has 8 heteroatoms. The second kappa shape index (κ2) is 7.85. The summed E-state index contributed by atoms with van der Waals surface area (Å²) in [6.45, 7) is 3.49. The molecule has 0 fully saturated rings. The van der Waals surface area contributed by atoms with Crippen molar-refractivity contribution in [2.45, 2.75) is 25.3 Å². The van der Waals surface area contributed by atoms with Gasteiger partial charge < -0.3 is 9.26 Å². The molecule has 0 bridgehead atoms. The summed E-state index contributed by atoms with van der Waals surface area (Å²) in [6, 6.07) is 14.5. The van der Waals surface area contributed by atoms with E-state index in [0.29, 0.717) is 22.7 Å². The van der Waals surface area contributed by atoms with Crippen molar-refractivity contribution in [3.63, 3.8) is 0 Å². The third kappa shape index (κ3) is 3.91. The summed E-state index contributed by atoms with van der Waals surface area (Å²) in [7, 11) is -2.35. The van der Waals surface area contributed by atoms with Crippen LogP contribution in [0.15, 0.2) is 64.0 Å². The number of sulfonamides is 1. The maximum atomic E-state index is 12.9. The van der Waals surface area contributed by atoms with Crippen molar-refractivity contribution < 1.29 is 22.5 Å². The van der Waals surface area contributed by atoms with Gasteiger partial charge in [-0.3, -0.25) is 4.31 Å². The van der Waals surface area contributed by atoms with E-state index in [4.69, 9.17) is 9.26 Å². The van der Waals surface area contributed by atoms with Crippen molar-refractivity contribution in [3.05, 3.63) is 77.2 Å². The van der Waals surface area contributed by atoms with Gasteiger partial charge in [0.25, 0.3) is 10.0 Å². The topological polar surface area (TPSA) is 89.7 Å². The van der Waals surface area contributed by atoms with Crippen molar-refractivity contribution in [2.24, 2.45) is 0 Å². The average molecular weight is 400 g/mol. The van der Waals surface area contributed by atoms with Crippen molar-refractivity contribution in [1.29, 1.82) is 0 Å². The molecule has 7 nitrogen and oxygen atoms in total. The molecular weight excluding hydrogens is 380 g/mol. The zero-order chi connectivity index (χ0) is 20.3. The fourth-order valence-electron chi connectivity index (χ4n) is 2.65. The molecule has 0 saturated carbocycles. The molecule has 0 radical (unpaired) electrons. The Balaban J connectivity index is 1.80. The number of aryl methyl sites for hydroxylation is 2. The predicted molar refractivity (Wildman–Crippen MR) is 104 cm³/mol. The molecular formula is C20H20N2O5S. The molecule has 0 aliphatic heterocycles. The number of ether oxygens (including phenoxy) is 1. The summed E-state index contributed by atoms with van der Waals surface area (Å²) in [4.78, 5) is 12.4.